The SMILES string of the molecule is C[C@@H]1CCCC[C@H]1N(C)C(=O)Cn1nc(-c2ccccc2)ccc1=O. The van der Waals surface area contributed by atoms with Crippen LogP contribution >= 0.6 is 0 Å². The Kier molecular flexibility index (Phi) is 5.31. The predicted octanol–water partition coefficient (Wildman–Crippen LogP) is 2.95. The van der Waals surface area contributed by atoms with Crippen LogP contribution in [-0.4, -0.2) is 33.7 Å². The minimum absolute atomic E-state index is 0.0147. The zero-order chi connectivity index (χ0) is 17.8. The van der Waals surface area contributed by atoms with E-state index >= 15 is 0 Å². The van der Waals surface area contributed by atoms with Gasteiger partial charge in [0.2, 0.25) is 5.91 Å². The molecular weight excluding hydrogens is 314 g/mol. The fraction of sp³-hybridized carbons (Fsp3) is 0.450. The number of amides is 1. The van der Waals surface area contributed by atoms with E-state index in [0.717, 1.165) is 24.8 Å². The molecule has 25 heavy (non-hydrogen) atoms. The molecule has 5 nitrogen and oxygen atoms in total. The number of carbonyl (C=O) groups excluding carboxylic acids is 1. The number of hydrogen-bond donors (Lipinski definition) is 0. The van der Waals surface area contributed by atoms with Crippen LogP contribution < -0.4 is 5.56 Å². The maximum absolute atomic E-state index is 12.7. The molecule has 0 saturated heterocycles. The van der Waals surface area contributed by atoms with E-state index in [-0.39, 0.29) is 24.1 Å². The molecule has 0 aliphatic heterocycles. The van der Waals surface area contributed by atoms with Gasteiger partial charge in [-0.15, -0.1) is 0 Å². The molecule has 0 unspecified atom stereocenters. The Balaban J connectivity index is 1.78. The van der Waals surface area contributed by atoms with Crippen LogP contribution in [0.5, 0.6) is 0 Å². The van der Waals surface area contributed by atoms with Gasteiger partial charge >= 0.3 is 0 Å². The number of likely N-dealkylation sites (N-methyl/N-ethyl adjacent to an activating group) is 1. The van der Waals surface area contributed by atoms with Crippen LogP contribution in [-0.2, 0) is 11.3 Å². The number of aromatic nitrogens is 2. The lowest BCUT2D eigenvalue weighted by molar-refractivity contribution is -0.134. The summed E-state index contributed by atoms with van der Waals surface area (Å²) < 4.78 is 1.27. The van der Waals surface area contributed by atoms with Crippen molar-refractivity contribution in [1.82, 2.24) is 14.7 Å². The molecule has 1 aliphatic rings. The summed E-state index contributed by atoms with van der Waals surface area (Å²) in [5.74, 6) is 0.446. The highest BCUT2D eigenvalue weighted by Gasteiger charge is 2.28. The first-order chi connectivity index (χ1) is 12.1. The molecule has 2 atom stereocenters. The third kappa shape index (κ3) is 3.98. The van der Waals surface area contributed by atoms with Crippen molar-refractivity contribution in [1.29, 1.82) is 0 Å². The van der Waals surface area contributed by atoms with Crippen LogP contribution in [0, 0.1) is 5.92 Å². The molecule has 1 heterocycles. The van der Waals surface area contributed by atoms with Crippen molar-refractivity contribution in [3.63, 3.8) is 0 Å². The van der Waals surface area contributed by atoms with Gasteiger partial charge in [-0.25, -0.2) is 4.68 Å². The molecule has 1 amide bonds. The Morgan fingerprint density at radius 2 is 1.88 bits per heavy atom. The number of benzene rings is 1. The summed E-state index contributed by atoms with van der Waals surface area (Å²) in [5, 5.41) is 4.39. The molecule has 1 aromatic carbocycles. The molecule has 5 heteroatoms. The highest BCUT2D eigenvalue weighted by Crippen LogP contribution is 2.27. The quantitative estimate of drug-likeness (QED) is 0.860. The monoisotopic (exact) mass is 339 g/mol. The van der Waals surface area contributed by atoms with Gasteiger partial charge in [0, 0.05) is 24.7 Å². The van der Waals surface area contributed by atoms with E-state index in [9.17, 15) is 9.59 Å². The lowest BCUT2D eigenvalue weighted by Gasteiger charge is -2.36. The standard InChI is InChI=1S/C20H25N3O2/c1-15-8-6-7-11-18(15)22(2)20(25)14-23-19(24)13-12-17(21-23)16-9-4-3-5-10-16/h3-5,9-10,12-13,15,18H,6-8,11,14H2,1-2H3/t15-,18-/m1/s1. The van der Waals surface area contributed by atoms with Crippen molar-refractivity contribution in [2.24, 2.45) is 5.92 Å². The number of rotatable bonds is 4. The summed E-state index contributed by atoms with van der Waals surface area (Å²) in [4.78, 5) is 26.6. The molecule has 2 aromatic rings. The van der Waals surface area contributed by atoms with E-state index in [1.807, 2.05) is 42.3 Å². The Morgan fingerprint density at radius 1 is 1.16 bits per heavy atom. The molecule has 3 rings (SSSR count). The van der Waals surface area contributed by atoms with Gasteiger partial charge in [-0.05, 0) is 24.8 Å². The van der Waals surface area contributed by atoms with Gasteiger partial charge < -0.3 is 4.90 Å². The first-order valence-electron chi connectivity index (χ1n) is 8.95. The minimum atomic E-state index is -0.252. The minimum Gasteiger partial charge on any atom is -0.341 e. The topological polar surface area (TPSA) is 55.2 Å². The van der Waals surface area contributed by atoms with Gasteiger partial charge in [-0.2, -0.15) is 5.10 Å². The van der Waals surface area contributed by atoms with Gasteiger partial charge in [0.1, 0.15) is 6.54 Å². The summed E-state index contributed by atoms with van der Waals surface area (Å²) in [5.41, 5.74) is 1.37. The van der Waals surface area contributed by atoms with Crippen molar-refractivity contribution in [3.05, 3.63) is 52.8 Å². The Hall–Kier alpha value is -2.43. The average molecular weight is 339 g/mol. The molecule has 1 fully saturated rings. The Bertz CT molecular complexity index is 785. The summed E-state index contributed by atoms with van der Waals surface area (Å²) >= 11 is 0. The Morgan fingerprint density at radius 3 is 2.60 bits per heavy atom. The van der Waals surface area contributed by atoms with Crippen molar-refractivity contribution < 1.29 is 4.79 Å². The van der Waals surface area contributed by atoms with E-state index < -0.39 is 0 Å². The summed E-state index contributed by atoms with van der Waals surface area (Å²) in [6, 6.07) is 13.1. The molecule has 1 aromatic heterocycles. The van der Waals surface area contributed by atoms with Crippen LogP contribution in [0.2, 0.25) is 0 Å². The van der Waals surface area contributed by atoms with E-state index in [2.05, 4.69) is 12.0 Å². The van der Waals surface area contributed by atoms with Gasteiger partial charge in [-0.1, -0.05) is 50.1 Å². The molecule has 0 radical (unpaired) electrons. The normalized spacial score (nSPS) is 20.2. The van der Waals surface area contributed by atoms with Crippen molar-refractivity contribution in [2.45, 2.75) is 45.2 Å². The first-order valence-corrected chi connectivity index (χ1v) is 8.95. The summed E-state index contributed by atoms with van der Waals surface area (Å²) in [6.45, 7) is 2.19. The molecule has 0 N–H and O–H groups in total. The number of nitrogens with zero attached hydrogens (tertiary/aromatic N) is 3. The molecule has 132 valence electrons. The van der Waals surface area contributed by atoms with Crippen LogP contribution in [0.25, 0.3) is 11.3 Å². The molecule has 1 aliphatic carbocycles. The van der Waals surface area contributed by atoms with Crippen LogP contribution in [0.1, 0.15) is 32.6 Å². The maximum Gasteiger partial charge on any atom is 0.267 e. The molecular formula is C20H25N3O2. The van der Waals surface area contributed by atoms with E-state index in [1.54, 1.807) is 6.07 Å². The molecule has 0 spiro atoms. The Labute approximate surface area is 148 Å². The second kappa shape index (κ2) is 7.64. The molecule has 1 saturated carbocycles. The zero-order valence-corrected chi connectivity index (χ0v) is 14.9. The largest absolute Gasteiger partial charge is 0.341 e. The van der Waals surface area contributed by atoms with E-state index in [4.69, 9.17) is 0 Å². The highest BCUT2D eigenvalue weighted by molar-refractivity contribution is 5.76. The molecule has 0 bridgehead atoms. The fourth-order valence-electron chi connectivity index (χ4n) is 3.62. The second-order valence-electron chi connectivity index (χ2n) is 6.91. The number of carbonyl (C=O) groups is 1. The lowest BCUT2D eigenvalue weighted by Crippen LogP contribution is -2.45. The summed E-state index contributed by atoms with van der Waals surface area (Å²) in [7, 11) is 1.85. The van der Waals surface area contributed by atoms with Crippen LogP contribution in [0.15, 0.2) is 47.3 Å². The smallest absolute Gasteiger partial charge is 0.267 e. The number of hydrogen-bond acceptors (Lipinski definition) is 3. The van der Waals surface area contributed by atoms with Crippen molar-refractivity contribution in [3.8, 4) is 11.3 Å². The van der Waals surface area contributed by atoms with Gasteiger partial charge in [0.25, 0.3) is 5.56 Å². The van der Waals surface area contributed by atoms with Crippen LogP contribution in [0.3, 0.4) is 0 Å². The van der Waals surface area contributed by atoms with E-state index in [0.29, 0.717) is 11.6 Å². The maximum atomic E-state index is 12.7. The predicted molar refractivity (Wildman–Crippen MR) is 98.1 cm³/mol. The van der Waals surface area contributed by atoms with Gasteiger partial charge in [0.05, 0.1) is 5.69 Å². The van der Waals surface area contributed by atoms with Crippen LogP contribution in [0.4, 0.5) is 0 Å². The van der Waals surface area contributed by atoms with E-state index in [1.165, 1.54) is 17.2 Å². The van der Waals surface area contributed by atoms with Crippen molar-refractivity contribution >= 4 is 5.91 Å². The summed E-state index contributed by atoms with van der Waals surface area (Å²) in [6.07, 6.45) is 4.59. The van der Waals surface area contributed by atoms with Gasteiger partial charge in [0.15, 0.2) is 0 Å². The highest BCUT2D eigenvalue weighted by atomic mass is 16.2. The second-order valence-corrected chi connectivity index (χ2v) is 6.91. The third-order valence-electron chi connectivity index (χ3n) is 5.18. The van der Waals surface area contributed by atoms with Gasteiger partial charge in [-0.3, -0.25) is 9.59 Å². The van der Waals surface area contributed by atoms with Crippen molar-refractivity contribution in [2.75, 3.05) is 7.05 Å². The lowest BCUT2D eigenvalue weighted by atomic mass is 9.85. The average Bonchev–Trinajstić information content (AvgIpc) is 2.64. The zero-order valence-electron chi connectivity index (χ0n) is 14.9. The first kappa shape index (κ1) is 17.4. The fourth-order valence-corrected chi connectivity index (χ4v) is 3.62. The third-order valence-corrected chi connectivity index (χ3v) is 5.18.